The van der Waals surface area contributed by atoms with E-state index in [0.29, 0.717) is 22.7 Å². The highest BCUT2D eigenvalue weighted by atomic mass is 16.1. The van der Waals surface area contributed by atoms with Crippen LogP contribution < -0.4 is 5.73 Å². The molecule has 0 aliphatic heterocycles. The number of ketones is 1. The van der Waals surface area contributed by atoms with Gasteiger partial charge in [0.15, 0.2) is 5.78 Å². The first-order valence-electron chi connectivity index (χ1n) is 11.0. The van der Waals surface area contributed by atoms with E-state index in [2.05, 4.69) is 40.7 Å². The first-order valence-corrected chi connectivity index (χ1v) is 11.0. The van der Waals surface area contributed by atoms with Gasteiger partial charge in [0, 0.05) is 17.9 Å². The summed E-state index contributed by atoms with van der Waals surface area (Å²) in [5, 5.41) is 0. The summed E-state index contributed by atoms with van der Waals surface area (Å²) < 4.78 is 0. The summed E-state index contributed by atoms with van der Waals surface area (Å²) in [5.74, 6) is 1.97. The van der Waals surface area contributed by atoms with Gasteiger partial charge < -0.3 is 5.73 Å². The summed E-state index contributed by atoms with van der Waals surface area (Å²) in [5.41, 5.74) is 9.35. The van der Waals surface area contributed by atoms with Crippen LogP contribution in [-0.4, -0.2) is 11.8 Å². The van der Waals surface area contributed by atoms with E-state index in [4.69, 9.17) is 5.73 Å². The van der Waals surface area contributed by atoms with Crippen LogP contribution in [0.3, 0.4) is 0 Å². The van der Waals surface area contributed by atoms with Gasteiger partial charge in [0.2, 0.25) is 0 Å². The molecule has 2 spiro atoms. The van der Waals surface area contributed by atoms with Gasteiger partial charge in [-0.05, 0) is 90.9 Å². The Bertz CT molecular complexity index is 722. The molecule has 26 heavy (non-hydrogen) atoms. The number of carbonyl (C=O) groups is 1. The zero-order valence-corrected chi connectivity index (χ0v) is 17.5. The minimum Gasteiger partial charge on any atom is -0.327 e. The van der Waals surface area contributed by atoms with Crippen molar-refractivity contribution >= 4 is 5.78 Å². The van der Waals surface area contributed by atoms with E-state index in [-0.39, 0.29) is 16.2 Å². The maximum absolute atomic E-state index is 12.9. The molecule has 0 amide bonds. The van der Waals surface area contributed by atoms with Crippen LogP contribution in [0.2, 0.25) is 0 Å². The Morgan fingerprint density at radius 3 is 2.31 bits per heavy atom. The van der Waals surface area contributed by atoms with Crippen LogP contribution in [0.4, 0.5) is 0 Å². The van der Waals surface area contributed by atoms with E-state index in [1.165, 1.54) is 44.9 Å². The van der Waals surface area contributed by atoms with Gasteiger partial charge >= 0.3 is 0 Å². The summed E-state index contributed by atoms with van der Waals surface area (Å²) in [6, 6.07) is 0.361. The van der Waals surface area contributed by atoms with Gasteiger partial charge in [0.25, 0.3) is 0 Å². The van der Waals surface area contributed by atoms with E-state index in [1.807, 2.05) is 0 Å². The summed E-state index contributed by atoms with van der Waals surface area (Å²) >= 11 is 0. The van der Waals surface area contributed by atoms with E-state index < -0.39 is 0 Å². The van der Waals surface area contributed by atoms with Crippen molar-refractivity contribution in [3.63, 3.8) is 0 Å². The summed E-state index contributed by atoms with van der Waals surface area (Å²) in [4.78, 5) is 12.9. The van der Waals surface area contributed by atoms with Crippen molar-refractivity contribution in [1.82, 2.24) is 0 Å². The minimum absolute atomic E-state index is 0.103. The van der Waals surface area contributed by atoms with E-state index in [9.17, 15) is 4.79 Å². The molecule has 0 bridgehead atoms. The van der Waals surface area contributed by atoms with Gasteiger partial charge in [-0.1, -0.05) is 33.8 Å². The second-order valence-electron chi connectivity index (χ2n) is 11.7. The number of hydrogen-bond donors (Lipinski definition) is 1. The number of hydrogen-bond acceptors (Lipinski definition) is 2. The van der Waals surface area contributed by atoms with Gasteiger partial charge in [-0.3, -0.25) is 4.79 Å². The molecular weight excluding hydrogens is 318 g/mol. The number of nitrogens with two attached hydrogens (primary N) is 1. The Morgan fingerprint density at radius 1 is 0.962 bits per heavy atom. The number of allylic oxidation sites excluding steroid dienone is 2. The quantitative estimate of drug-likeness (QED) is 0.602. The molecule has 5 rings (SSSR count). The molecule has 5 aliphatic carbocycles. The lowest BCUT2D eigenvalue weighted by atomic mass is 9.42. The molecule has 2 heteroatoms. The largest absolute Gasteiger partial charge is 0.327 e. The zero-order valence-electron chi connectivity index (χ0n) is 17.5. The fraction of sp³-hybridized carbons (Fsp3) is 0.875. The lowest BCUT2D eigenvalue weighted by Crippen LogP contribution is -2.58. The molecule has 0 aromatic heterocycles. The Labute approximate surface area is 159 Å². The van der Waals surface area contributed by atoms with Crippen molar-refractivity contribution < 1.29 is 4.79 Å². The smallest absolute Gasteiger partial charge is 0.159 e. The predicted octanol–water partition coefficient (Wildman–Crippen LogP) is 5.26. The third-order valence-corrected chi connectivity index (χ3v) is 11.1. The second-order valence-corrected chi connectivity index (χ2v) is 11.7. The Kier molecular flexibility index (Phi) is 3.14. The second kappa shape index (κ2) is 4.67. The monoisotopic (exact) mass is 355 g/mol. The highest BCUT2D eigenvalue weighted by Crippen LogP contribution is 2.88. The van der Waals surface area contributed by atoms with Gasteiger partial charge in [-0.25, -0.2) is 0 Å². The van der Waals surface area contributed by atoms with Crippen molar-refractivity contribution in [2.75, 3.05) is 0 Å². The van der Waals surface area contributed by atoms with Gasteiger partial charge in [0.1, 0.15) is 0 Å². The maximum Gasteiger partial charge on any atom is 0.159 e. The highest BCUT2D eigenvalue weighted by molar-refractivity contribution is 6.00. The van der Waals surface area contributed by atoms with E-state index in [1.54, 1.807) is 0 Å². The lowest BCUT2D eigenvalue weighted by molar-refractivity contribution is -0.128. The average Bonchev–Trinajstić information content (AvgIpc) is 3.18. The van der Waals surface area contributed by atoms with Crippen LogP contribution >= 0.6 is 0 Å². The fourth-order valence-electron chi connectivity index (χ4n) is 9.54. The summed E-state index contributed by atoms with van der Waals surface area (Å²) in [7, 11) is 0. The molecule has 0 radical (unpaired) electrons. The van der Waals surface area contributed by atoms with Crippen LogP contribution in [0.15, 0.2) is 11.6 Å². The Hall–Kier alpha value is -0.630. The maximum atomic E-state index is 12.9. The van der Waals surface area contributed by atoms with Crippen LogP contribution in [0.1, 0.15) is 86.0 Å². The zero-order chi connectivity index (χ0) is 18.8. The van der Waals surface area contributed by atoms with Crippen LogP contribution in [0.5, 0.6) is 0 Å². The van der Waals surface area contributed by atoms with Crippen LogP contribution in [-0.2, 0) is 4.79 Å². The number of carbonyl (C=O) groups excluding carboxylic acids is 1. The van der Waals surface area contributed by atoms with Crippen molar-refractivity contribution in [3.8, 4) is 0 Å². The molecular formula is C24H37NO. The molecule has 0 aromatic rings. The first kappa shape index (κ1) is 17.5. The van der Waals surface area contributed by atoms with Crippen molar-refractivity contribution in [2.45, 2.75) is 92.0 Å². The Morgan fingerprint density at radius 2 is 1.62 bits per heavy atom. The SMILES string of the molecule is CC=C1C(=O)CC2(C)C3CCC4C(C)(C)C(N)CCC45CC35CCC12C. The molecule has 5 aliphatic rings. The Balaban J connectivity index is 1.59. The van der Waals surface area contributed by atoms with Crippen LogP contribution in [0.25, 0.3) is 0 Å². The van der Waals surface area contributed by atoms with Crippen LogP contribution in [0, 0.1) is 38.9 Å². The molecule has 5 saturated carbocycles. The summed E-state index contributed by atoms with van der Waals surface area (Å²) in [6.07, 6.45) is 12.1. The average molecular weight is 356 g/mol. The number of Topliss-reactive ketones (excluding diaryl/α,β-unsaturated/α-hetero) is 1. The first-order chi connectivity index (χ1) is 12.1. The molecule has 7 unspecified atom stereocenters. The van der Waals surface area contributed by atoms with E-state index >= 15 is 0 Å². The fourth-order valence-corrected chi connectivity index (χ4v) is 9.54. The lowest BCUT2D eigenvalue weighted by Gasteiger charge is -2.62. The standard InChI is InChI=1S/C24H37NO/c1-6-15-16(26)13-22(5)18-8-7-17-20(2,3)19(25)9-10-23(17)14-24(18,23)12-11-21(15,22)4/h6,17-19H,7-14,25H2,1-5H3. The molecule has 0 saturated heterocycles. The minimum atomic E-state index is 0.103. The third kappa shape index (κ3) is 1.57. The van der Waals surface area contributed by atoms with E-state index in [0.717, 1.165) is 23.8 Å². The van der Waals surface area contributed by atoms with Gasteiger partial charge in [-0.2, -0.15) is 0 Å². The van der Waals surface area contributed by atoms with Crippen molar-refractivity contribution in [3.05, 3.63) is 11.6 Å². The summed E-state index contributed by atoms with van der Waals surface area (Å²) in [6.45, 7) is 11.9. The van der Waals surface area contributed by atoms with Crippen molar-refractivity contribution in [1.29, 1.82) is 0 Å². The predicted molar refractivity (Wildman–Crippen MR) is 106 cm³/mol. The van der Waals surface area contributed by atoms with Gasteiger partial charge in [-0.15, -0.1) is 0 Å². The molecule has 2 nitrogen and oxygen atoms in total. The molecule has 7 atom stereocenters. The normalized spacial score (nSPS) is 58.6. The molecule has 144 valence electrons. The molecule has 2 N–H and O–H groups in total. The van der Waals surface area contributed by atoms with Gasteiger partial charge in [0.05, 0.1) is 0 Å². The number of fused-ring (bicyclic) bond motifs is 2. The topological polar surface area (TPSA) is 43.1 Å². The molecule has 0 heterocycles. The molecule has 0 aromatic carbocycles. The molecule has 5 fully saturated rings. The third-order valence-electron chi connectivity index (χ3n) is 11.1. The highest BCUT2D eigenvalue weighted by Gasteiger charge is 2.82. The van der Waals surface area contributed by atoms with Crippen molar-refractivity contribution in [2.24, 2.45) is 44.6 Å². The number of rotatable bonds is 0.